The average molecular weight is 403 g/mol. The molecule has 0 radical (unpaired) electrons. The van der Waals surface area contributed by atoms with Crippen molar-refractivity contribution in [1.29, 1.82) is 0 Å². The molecule has 3 saturated carbocycles. The summed E-state index contributed by atoms with van der Waals surface area (Å²) in [4.78, 5) is 0. The van der Waals surface area contributed by atoms with Crippen LogP contribution in [-0.4, -0.2) is 21.9 Å². The van der Waals surface area contributed by atoms with E-state index in [0.29, 0.717) is 11.3 Å². The number of hydrogen-bond donors (Lipinski definition) is 2. The molecule has 0 heterocycles. The van der Waals surface area contributed by atoms with Gasteiger partial charge in [0.15, 0.2) is 0 Å². The molecule has 3 aliphatic rings. The van der Waals surface area contributed by atoms with Crippen LogP contribution >= 0.6 is 0 Å². The van der Waals surface area contributed by atoms with Crippen molar-refractivity contribution in [3.8, 4) is 0 Å². The number of fused-ring (bicyclic) bond motifs is 1. The maximum atomic E-state index is 10.1. The molecule has 0 aromatic rings. The monoisotopic (exact) mass is 402 g/mol. The highest BCUT2D eigenvalue weighted by molar-refractivity contribution is 5.26. The summed E-state index contributed by atoms with van der Waals surface area (Å²) in [7, 11) is 0. The molecule has 0 aromatic heterocycles. The van der Waals surface area contributed by atoms with Gasteiger partial charge in [0.2, 0.25) is 0 Å². The van der Waals surface area contributed by atoms with Crippen LogP contribution < -0.4 is 0 Å². The molecule has 3 fully saturated rings. The largest absolute Gasteiger partial charge is 0.393 e. The first-order chi connectivity index (χ1) is 13.6. The first-order valence-electron chi connectivity index (χ1n) is 12.4. The molecule has 3 aliphatic carbocycles. The summed E-state index contributed by atoms with van der Waals surface area (Å²) in [6.07, 6.45) is 17.7. The molecule has 2 heteroatoms. The molecule has 0 amide bonds. The second kappa shape index (κ2) is 9.27. The van der Waals surface area contributed by atoms with E-state index < -0.39 is 5.60 Å². The Kier molecular flexibility index (Phi) is 7.37. The van der Waals surface area contributed by atoms with Crippen molar-refractivity contribution >= 4 is 0 Å². The summed E-state index contributed by atoms with van der Waals surface area (Å²) in [5.74, 6) is 2.94. The van der Waals surface area contributed by atoms with E-state index in [-0.39, 0.29) is 6.10 Å². The van der Waals surface area contributed by atoms with Crippen molar-refractivity contribution in [2.75, 3.05) is 0 Å². The predicted molar refractivity (Wildman–Crippen MR) is 123 cm³/mol. The molecular weight excluding hydrogens is 356 g/mol. The van der Waals surface area contributed by atoms with Gasteiger partial charge in [-0.1, -0.05) is 56.9 Å². The minimum absolute atomic E-state index is 0.131. The molecule has 166 valence electrons. The maximum absolute atomic E-state index is 10.1. The molecule has 0 saturated heterocycles. The van der Waals surface area contributed by atoms with Gasteiger partial charge in [-0.25, -0.2) is 0 Å². The van der Waals surface area contributed by atoms with Gasteiger partial charge < -0.3 is 10.2 Å². The molecular formula is C27H46O2. The van der Waals surface area contributed by atoms with Crippen molar-refractivity contribution in [2.45, 2.75) is 117 Å². The second-order valence-corrected chi connectivity index (χ2v) is 11.6. The molecule has 0 unspecified atom stereocenters. The lowest BCUT2D eigenvalue weighted by Crippen LogP contribution is -2.36. The molecule has 0 aromatic carbocycles. The summed E-state index contributed by atoms with van der Waals surface area (Å²) in [5, 5.41) is 20.1. The highest BCUT2D eigenvalue weighted by atomic mass is 16.3. The third kappa shape index (κ3) is 5.56. The number of rotatable bonds is 6. The lowest BCUT2D eigenvalue weighted by molar-refractivity contribution is 0.0596. The third-order valence-corrected chi connectivity index (χ3v) is 8.72. The zero-order valence-electron chi connectivity index (χ0n) is 19.7. The number of hydrogen-bond acceptors (Lipinski definition) is 2. The van der Waals surface area contributed by atoms with E-state index in [2.05, 4.69) is 32.9 Å². The van der Waals surface area contributed by atoms with Crippen LogP contribution in [0.3, 0.4) is 0 Å². The number of allylic oxidation sites excluding steroid dienone is 3. The van der Waals surface area contributed by atoms with E-state index >= 15 is 0 Å². The van der Waals surface area contributed by atoms with Crippen molar-refractivity contribution in [3.05, 3.63) is 23.3 Å². The first-order valence-corrected chi connectivity index (χ1v) is 12.4. The van der Waals surface area contributed by atoms with Crippen molar-refractivity contribution in [2.24, 2.45) is 29.1 Å². The van der Waals surface area contributed by atoms with E-state index in [0.717, 1.165) is 49.9 Å². The van der Waals surface area contributed by atoms with Crippen LogP contribution in [0.1, 0.15) is 105 Å². The Morgan fingerprint density at radius 1 is 1.14 bits per heavy atom. The van der Waals surface area contributed by atoms with Gasteiger partial charge >= 0.3 is 0 Å². The van der Waals surface area contributed by atoms with Crippen LogP contribution in [0, 0.1) is 29.1 Å². The topological polar surface area (TPSA) is 40.5 Å². The normalized spacial score (nSPS) is 39.7. The molecule has 6 atom stereocenters. The van der Waals surface area contributed by atoms with E-state index in [1.807, 2.05) is 13.8 Å². The molecule has 0 spiro atoms. The van der Waals surface area contributed by atoms with E-state index in [1.54, 1.807) is 5.57 Å². The molecule has 3 rings (SSSR count). The minimum atomic E-state index is -0.528. The van der Waals surface area contributed by atoms with E-state index in [4.69, 9.17) is 0 Å². The average Bonchev–Trinajstić information content (AvgIpc) is 2.99. The van der Waals surface area contributed by atoms with Gasteiger partial charge in [-0.2, -0.15) is 0 Å². The lowest BCUT2D eigenvalue weighted by atomic mass is 9.60. The van der Waals surface area contributed by atoms with Gasteiger partial charge in [0.1, 0.15) is 0 Å². The van der Waals surface area contributed by atoms with Crippen LogP contribution in [0.4, 0.5) is 0 Å². The van der Waals surface area contributed by atoms with E-state index in [9.17, 15) is 10.2 Å². The van der Waals surface area contributed by atoms with Crippen molar-refractivity contribution < 1.29 is 10.2 Å². The summed E-state index contributed by atoms with van der Waals surface area (Å²) >= 11 is 0. The highest BCUT2D eigenvalue weighted by Crippen LogP contribution is 2.60. The fourth-order valence-corrected chi connectivity index (χ4v) is 6.92. The Bertz CT molecular complexity index is 611. The van der Waals surface area contributed by atoms with Crippen LogP contribution in [0.5, 0.6) is 0 Å². The fraction of sp³-hybridized carbons (Fsp3) is 0.852. The van der Waals surface area contributed by atoms with Crippen LogP contribution in [0.2, 0.25) is 0 Å². The zero-order valence-corrected chi connectivity index (χ0v) is 19.7. The van der Waals surface area contributed by atoms with Crippen LogP contribution in [-0.2, 0) is 0 Å². The van der Waals surface area contributed by atoms with Crippen molar-refractivity contribution in [1.82, 2.24) is 0 Å². The Balaban J connectivity index is 1.68. The van der Waals surface area contributed by atoms with Crippen LogP contribution in [0.15, 0.2) is 23.3 Å². The lowest BCUT2D eigenvalue weighted by Gasteiger charge is -2.44. The summed E-state index contributed by atoms with van der Waals surface area (Å²) < 4.78 is 0. The van der Waals surface area contributed by atoms with Gasteiger partial charge in [0.05, 0.1) is 11.7 Å². The third-order valence-electron chi connectivity index (χ3n) is 8.72. The molecule has 29 heavy (non-hydrogen) atoms. The standard InChI is InChI=1S/C27H46O2/c1-19-10-13-23(28)18-22(19)12-11-21-9-7-17-27(5)24(14-15-25(21)27)20(2)8-6-16-26(3,4)29/h11-12,19-20,23-25,28-29H,6-10,13-18H2,1-5H3/b21-11+,22-12-/t19-,20-,23+,24-,25+,27-/m1/s1. The fourth-order valence-electron chi connectivity index (χ4n) is 6.92. The van der Waals surface area contributed by atoms with Crippen molar-refractivity contribution in [3.63, 3.8) is 0 Å². The van der Waals surface area contributed by atoms with Gasteiger partial charge in [-0.15, -0.1) is 0 Å². The predicted octanol–water partition coefficient (Wildman–Crippen LogP) is 6.81. The van der Waals surface area contributed by atoms with Gasteiger partial charge in [0, 0.05) is 0 Å². The number of aliphatic hydroxyl groups is 2. The quantitative estimate of drug-likeness (QED) is 0.512. The highest BCUT2D eigenvalue weighted by Gasteiger charge is 2.50. The molecule has 0 aliphatic heterocycles. The Labute approximate surface area is 179 Å². The van der Waals surface area contributed by atoms with E-state index in [1.165, 1.54) is 44.1 Å². The van der Waals surface area contributed by atoms with Crippen LogP contribution in [0.25, 0.3) is 0 Å². The Morgan fingerprint density at radius 3 is 2.59 bits per heavy atom. The second-order valence-electron chi connectivity index (χ2n) is 11.6. The minimum Gasteiger partial charge on any atom is -0.393 e. The summed E-state index contributed by atoms with van der Waals surface area (Å²) in [6.45, 7) is 11.2. The van der Waals surface area contributed by atoms with Gasteiger partial charge in [-0.3, -0.25) is 0 Å². The Morgan fingerprint density at radius 2 is 1.86 bits per heavy atom. The SMILES string of the molecule is C[C@@H]1CC[C@H](O)C/C1=C/C=C1\CCC[C@]2(C)[C@@H]([C@H](C)CCCC(C)(C)O)CC[C@@H]12. The molecule has 2 nitrogen and oxygen atoms in total. The first kappa shape index (κ1) is 23.1. The summed E-state index contributed by atoms with van der Waals surface area (Å²) in [6, 6.07) is 0. The molecule has 0 bridgehead atoms. The number of aliphatic hydroxyl groups excluding tert-OH is 1. The maximum Gasteiger partial charge on any atom is 0.0591 e. The van der Waals surface area contributed by atoms with Gasteiger partial charge in [0.25, 0.3) is 0 Å². The van der Waals surface area contributed by atoms with Gasteiger partial charge in [-0.05, 0) is 101 Å². The Hall–Kier alpha value is -0.600. The zero-order chi connectivity index (χ0) is 21.2. The summed E-state index contributed by atoms with van der Waals surface area (Å²) in [5.41, 5.74) is 3.07. The smallest absolute Gasteiger partial charge is 0.0591 e. The molecule has 2 N–H and O–H groups in total.